The Bertz CT molecular complexity index is 1020. The summed E-state index contributed by atoms with van der Waals surface area (Å²) in [6.07, 6.45) is 2.47. The third-order valence-corrected chi connectivity index (χ3v) is 6.17. The topological polar surface area (TPSA) is 44.3 Å². The summed E-state index contributed by atoms with van der Waals surface area (Å²) in [5.41, 5.74) is 4.78. The van der Waals surface area contributed by atoms with Crippen LogP contribution in [0.25, 0.3) is 11.0 Å². The van der Waals surface area contributed by atoms with Crippen LogP contribution in [0.5, 0.6) is 0 Å². The third-order valence-electron chi connectivity index (χ3n) is 6.17. The molecule has 5 rings (SSSR count). The molecule has 2 heterocycles. The van der Waals surface area contributed by atoms with Crippen molar-refractivity contribution >= 4 is 22.7 Å². The number of hydrogen-bond acceptors (Lipinski definition) is 5. The number of anilines is 2. The minimum absolute atomic E-state index is 0.564. The minimum Gasteiger partial charge on any atom is -0.364 e. The van der Waals surface area contributed by atoms with Crippen LogP contribution in [0, 0.1) is 0 Å². The average molecular weight is 402 g/mol. The van der Waals surface area contributed by atoms with E-state index in [0.717, 1.165) is 55.4 Å². The van der Waals surface area contributed by atoms with Crippen LogP contribution in [0.15, 0.2) is 48.5 Å². The van der Waals surface area contributed by atoms with Crippen LogP contribution in [0.4, 0.5) is 11.6 Å². The average Bonchev–Trinajstić information content (AvgIpc) is 3.58. The summed E-state index contributed by atoms with van der Waals surface area (Å²) in [5.74, 6) is 2.54. The van der Waals surface area contributed by atoms with Crippen molar-refractivity contribution in [1.82, 2.24) is 14.9 Å². The molecular formula is C25H31N5. The van der Waals surface area contributed by atoms with Crippen molar-refractivity contribution in [1.29, 1.82) is 0 Å². The van der Waals surface area contributed by atoms with Crippen LogP contribution in [0.2, 0.25) is 0 Å². The summed E-state index contributed by atoms with van der Waals surface area (Å²) in [6.45, 7) is 9.59. The van der Waals surface area contributed by atoms with Gasteiger partial charge in [-0.05, 0) is 42.0 Å². The first-order valence-electron chi connectivity index (χ1n) is 11.2. The quantitative estimate of drug-likeness (QED) is 0.651. The van der Waals surface area contributed by atoms with Crippen LogP contribution >= 0.6 is 0 Å². The number of benzene rings is 2. The molecule has 1 aromatic heterocycles. The first-order chi connectivity index (χ1) is 14.7. The fourth-order valence-corrected chi connectivity index (χ4v) is 4.16. The molecule has 1 aliphatic heterocycles. The van der Waals surface area contributed by atoms with Crippen molar-refractivity contribution in [2.75, 3.05) is 36.4 Å². The van der Waals surface area contributed by atoms with E-state index in [1.807, 2.05) is 18.2 Å². The van der Waals surface area contributed by atoms with Gasteiger partial charge in [-0.2, -0.15) is 0 Å². The van der Waals surface area contributed by atoms with Crippen molar-refractivity contribution in [3.05, 3.63) is 59.7 Å². The summed E-state index contributed by atoms with van der Waals surface area (Å²) in [5, 5.41) is 3.61. The second-order valence-electron chi connectivity index (χ2n) is 8.97. The minimum atomic E-state index is 0.564. The number of nitrogens with one attached hydrogen (secondary N) is 1. The molecule has 0 bridgehead atoms. The molecule has 1 aliphatic carbocycles. The van der Waals surface area contributed by atoms with E-state index >= 15 is 0 Å². The van der Waals surface area contributed by atoms with Crippen LogP contribution in [0.1, 0.15) is 43.7 Å². The highest BCUT2D eigenvalue weighted by molar-refractivity contribution is 5.80. The van der Waals surface area contributed by atoms with Gasteiger partial charge in [-0.25, -0.2) is 9.97 Å². The smallest absolute Gasteiger partial charge is 0.172 e. The van der Waals surface area contributed by atoms with E-state index in [-0.39, 0.29) is 0 Å². The number of nitrogens with zero attached hydrogens (tertiary/aromatic N) is 4. The standard InChI is InChI=1S/C25H31N5/c1-18(2)20-7-5-6-19(16-20)17-29-12-14-30(15-13-29)25-24(26-21-10-11-21)27-22-8-3-4-9-23(22)28-25/h3-9,16,18,21H,10-15,17H2,1-2H3,(H,26,27). The van der Waals surface area contributed by atoms with Crippen molar-refractivity contribution in [3.63, 3.8) is 0 Å². The van der Waals surface area contributed by atoms with Gasteiger partial charge in [0.05, 0.1) is 11.0 Å². The molecule has 3 aromatic rings. The van der Waals surface area contributed by atoms with E-state index in [0.29, 0.717) is 12.0 Å². The molecule has 1 saturated heterocycles. The van der Waals surface area contributed by atoms with Crippen LogP contribution in [-0.4, -0.2) is 47.1 Å². The largest absolute Gasteiger partial charge is 0.364 e. The zero-order valence-electron chi connectivity index (χ0n) is 18.0. The van der Waals surface area contributed by atoms with Gasteiger partial charge in [0.1, 0.15) is 0 Å². The zero-order valence-corrected chi connectivity index (χ0v) is 18.0. The lowest BCUT2D eigenvalue weighted by Crippen LogP contribution is -2.46. The molecule has 0 amide bonds. The molecule has 0 atom stereocenters. The lowest BCUT2D eigenvalue weighted by molar-refractivity contribution is 0.249. The van der Waals surface area contributed by atoms with E-state index < -0.39 is 0 Å². The van der Waals surface area contributed by atoms with Gasteiger partial charge in [0, 0.05) is 38.8 Å². The Morgan fingerprint density at radius 1 is 0.933 bits per heavy atom. The molecule has 0 unspecified atom stereocenters. The number of hydrogen-bond donors (Lipinski definition) is 1. The normalized spacial score (nSPS) is 17.6. The van der Waals surface area contributed by atoms with Gasteiger partial charge in [0.2, 0.25) is 0 Å². The second kappa shape index (κ2) is 8.23. The van der Waals surface area contributed by atoms with Gasteiger partial charge in [0.15, 0.2) is 11.6 Å². The van der Waals surface area contributed by atoms with Crippen molar-refractivity contribution in [2.45, 2.75) is 45.2 Å². The Hall–Kier alpha value is -2.66. The predicted octanol–water partition coefficient (Wildman–Crippen LogP) is 4.65. The summed E-state index contributed by atoms with van der Waals surface area (Å²) in [6, 6.07) is 17.8. The first kappa shape index (κ1) is 19.3. The lowest BCUT2D eigenvalue weighted by atomic mass is 10.0. The first-order valence-corrected chi connectivity index (χ1v) is 11.2. The molecule has 30 heavy (non-hydrogen) atoms. The Balaban J connectivity index is 1.30. The molecule has 5 heteroatoms. The molecule has 156 valence electrons. The third kappa shape index (κ3) is 4.26. The van der Waals surface area contributed by atoms with Crippen LogP contribution in [0.3, 0.4) is 0 Å². The maximum absolute atomic E-state index is 5.00. The number of piperazine rings is 1. The maximum atomic E-state index is 5.00. The van der Waals surface area contributed by atoms with Crippen molar-refractivity contribution < 1.29 is 0 Å². The number of fused-ring (bicyclic) bond motifs is 1. The number of para-hydroxylation sites is 2. The highest BCUT2D eigenvalue weighted by atomic mass is 15.3. The Morgan fingerprint density at radius 2 is 1.67 bits per heavy atom. The fourth-order valence-electron chi connectivity index (χ4n) is 4.16. The van der Waals surface area contributed by atoms with E-state index in [9.17, 15) is 0 Å². The van der Waals surface area contributed by atoms with Gasteiger partial charge in [-0.1, -0.05) is 50.2 Å². The van der Waals surface area contributed by atoms with Gasteiger partial charge in [-0.3, -0.25) is 4.90 Å². The number of aromatic nitrogens is 2. The summed E-state index contributed by atoms with van der Waals surface area (Å²) in [7, 11) is 0. The van der Waals surface area contributed by atoms with E-state index in [1.165, 1.54) is 24.0 Å². The molecule has 0 radical (unpaired) electrons. The van der Waals surface area contributed by atoms with Gasteiger partial charge < -0.3 is 10.2 Å². The molecule has 1 saturated carbocycles. The SMILES string of the molecule is CC(C)c1cccc(CN2CCN(c3nc4ccccc4nc3NC3CC3)CC2)c1. The molecular weight excluding hydrogens is 370 g/mol. The van der Waals surface area contributed by atoms with Crippen molar-refractivity contribution in [3.8, 4) is 0 Å². The van der Waals surface area contributed by atoms with Gasteiger partial charge in [-0.15, -0.1) is 0 Å². The second-order valence-corrected chi connectivity index (χ2v) is 8.97. The summed E-state index contributed by atoms with van der Waals surface area (Å²) < 4.78 is 0. The van der Waals surface area contributed by atoms with Gasteiger partial charge >= 0.3 is 0 Å². The van der Waals surface area contributed by atoms with E-state index in [4.69, 9.17) is 9.97 Å². The van der Waals surface area contributed by atoms with Crippen LogP contribution < -0.4 is 10.2 Å². The molecule has 2 aliphatic rings. The maximum Gasteiger partial charge on any atom is 0.172 e. The fraction of sp³-hybridized carbons (Fsp3) is 0.440. The van der Waals surface area contributed by atoms with Gasteiger partial charge in [0.25, 0.3) is 0 Å². The summed E-state index contributed by atoms with van der Waals surface area (Å²) >= 11 is 0. The van der Waals surface area contributed by atoms with Crippen molar-refractivity contribution in [2.24, 2.45) is 0 Å². The van der Waals surface area contributed by atoms with E-state index in [1.54, 1.807) is 0 Å². The highest BCUT2D eigenvalue weighted by Crippen LogP contribution is 2.31. The van der Waals surface area contributed by atoms with Crippen LogP contribution in [-0.2, 0) is 6.54 Å². The Kier molecular flexibility index (Phi) is 5.30. The molecule has 2 aromatic carbocycles. The highest BCUT2D eigenvalue weighted by Gasteiger charge is 2.26. The lowest BCUT2D eigenvalue weighted by Gasteiger charge is -2.36. The molecule has 5 nitrogen and oxygen atoms in total. The predicted molar refractivity (Wildman–Crippen MR) is 124 cm³/mol. The Labute approximate surface area is 179 Å². The molecule has 0 spiro atoms. The Morgan fingerprint density at radius 3 is 2.37 bits per heavy atom. The summed E-state index contributed by atoms with van der Waals surface area (Å²) in [4.78, 5) is 14.9. The zero-order chi connectivity index (χ0) is 20.5. The molecule has 1 N–H and O–H groups in total. The molecule has 2 fully saturated rings. The number of rotatable bonds is 6. The monoisotopic (exact) mass is 401 g/mol. The van der Waals surface area contributed by atoms with E-state index in [2.05, 4.69) is 59.3 Å².